The van der Waals surface area contributed by atoms with E-state index >= 15 is 0 Å². The Balaban J connectivity index is 1.41. The van der Waals surface area contributed by atoms with Crippen LogP contribution in [0.1, 0.15) is 10.4 Å². The third-order valence-corrected chi connectivity index (χ3v) is 5.78. The Morgan fingerprint density at radius 1 is 1.32 bits per heavy atom. The van der Waals surface area contributed by atoms with Crippen molar-refractivity contribution >= 4 is 60.2 Å². The van der Waals surface area contributed by atoms with Crippen molar-refractivity contribution in [3.63, 3.8) is 0 Å². The minimum atomic E-state index is -0.442. The molecule has 2 aromatic carbocycles. The number of nitrogens with zero attached hydrogens (tertiary/aromatic N) is 2. The molecule has 25 heavy (non-hydrogen) atoms. The predicted molar refractivity (Wildman–Crippen MR) is 100 cm³/mol. The first-order valence-electron chi connectivity index (χ1n) is 7.46. The second-order valence-electron chi connectivity index (χ2n) is 5.66. The number of fused-ring (bicyclic) bond motifs is 1. The van der Waals surface area contributed by atoms with Gasteiger partial charge in [-0.05, 0) is 36.4 Å². The van der Waals surface area contributed by atoms with E-state index in [-0.39, 0.29) is 11.9 Å². The van der Waals surface area contributed by atoms with Gasteiger partial charge in [-0.25, -0.2) is 14.2 Å². The molecule has 0 aliphatic carbocycles. The largest absolute Gasteiger partial charge is 0.455 e. The number of thiazole rings is 1. The zero-order valence-electron chi connectivity index (χ0n) is 12.7. The van der Waals surface area contributed by atoms with Gasteiger partial charge in [0, 0.05) is 4.47 Å². The summed E-state index contributed by atoms with van der Waals surface area (Å²) in [5.74, 6) is -0.716. The number of anilines is 1. The molecule has 128 valence electrons. The van der Waals surface area contributed by atoms with Crippen LogP contribution >= 0.6 is 38.9 Å². The normalized spacial score (nSPS) is 14.6. The molecule has 0 bridgehead atoms. The predicted octanol–water partition coefficient (Wildman–Crippen LogP) is 4.90. The van der Waals surface area contributed by atoms with Gasteiger partial charge in [-0.3, -0.25) is 0 Å². The van der Waals surface area contributed by atoms with Crippen LogP contribution in [0.15, 0.2) is 40.9 Å². The third-order valence-electron chi connectivity index (χ3n) is 3.88. The lowest BCUT2D eigenvalue weighted by Crippen LogP contribution is -2.53. The number of esters is 1. The molecular weight excluding hydrogens is 431 g/mol. The second-order valence-corrected chi connectivity index (χ2v) is 8.00. The van der Waals surface area contributed by atoms with Crippen molar-refractivity contribution in [3.05, 3.63) is 57.3 Å². The van der Waals surface area contributed by atoms with E-state index in [9.17, 15) is 9.18 Å². The molecule has 0 atom stereocenters. The summed E-state index contributed by atoms with van der Waals surface area (Å²) >= 11 is 10.8. The van der Waals surface area contributed by atoms with Crippen LogP contribution in [0.4, 0.5) is 9.52 Å². The molecule has 1 fully saturated rings. The topological polar surface area (TPSA) is 42.4 Å². The van der Waals surface area contributed by atoms with E-state index in [1.807, 2.05) is 4.90 Å². The fourth-order valence-corrected chi connectivity index (χ4v) is 4.12. The van der Waals surface area contributed by atoms with Gasteiger partial charge in [0.15, 0.2) is 5.13 Å². The molecule has 0 saturated carbocycles. The lowest BCUT2D eigenvalue weighted by atomic mass is 10.2. The second kappa shape index (κ2) is 6.55. The van der Waals surface area contributed by atoms with Crippen LogP contribution in [-0.4, -0.2) is 30.1 Å². The maximum Gasteiger partial charge on any atom is 0.340 e. The molecule has 1 aromatic heterocycles. The number of carbonyl (C=O) groups is 1. The Morgan fingerprint density at radius 3 is 2.92 bits per heavy atom. The van der Waals surface area contributed by atoms with Crippen molar-refractivity contribution in [2.75, 3.05) is 18.0 Å². The fraction of sp³-hybridized carbons (Fsp3) is 0.176. The Morgan fingerprint density at radius 2 is 2.12 bits per heavy atom. The van der Waals surface area contributed by atoms with Crippen molar-refractivity contribution in [3.8, 4) is 0 Å². The van der Waals surface area contributed by atoms with Gasteiger partial charge in [-0.1, -0.05) is 38.9 Å². The zero-order chi connectivity index (χ0) is 17.6. The highest BCUT2D eigenvalue weighted by Crippen LogP contribution is 2.32. The molecular formula is C17H11BrClFN2O2S. The standard InChI is InChI=1S/C17H11BrClFN2O2S/c18-9-1-3-13(19)12(5-9)16(23)24-11-7-22(8-11)17-21-14-4-2-10(20)6-15(14)25-17/h1-6,11H,7-8H2. The average Bonchev–Trinajstić information content (AvgIpc) is 2.94. The molecule has 3 aromatic rings. The monoisotopic (exact) mass is 440 g/mol. The summed E-state index contributed by atoms with van der Waals surface area (Å²) in [4.78, 5) is 18.7. The molecule has 4 rings (SSSR count). The smallest absolute Gasteiger partial charge is 0.340 e. The Labute approximate surface area is 160 Å². The highest BCUT2D eigenvalue weighted by Gasteiger charge is 2.32. The highest BCUT2D eigenvalue weighted by atomic mass is 79.9. The number of aromatic nitrogens is 1. The molecule has 2 heterocycles. The van der Waals surface area contributed by atoms with Crippen LogP contribution < -0.4 is 4.90 Å². The quantitative estimate of drug-likeness (QED) is 0.542. The zero-order valence-corrected chi connectivity index (χ0v) is 15.9. The summed E-state index contributed by atoms with van der Waals surface area (Å²) in [6.45, 7) is 1.11. The van der Waals surface area contributed by atoms with Gasteiger partial charge in [0.05, 0.1) is 33.9 Å². The molecule has 1 saturated heterocycles. The number of ether oxygens (including phenoxy) is 1. The summed E-state index contributed by atoms with van der Waals surface area (Å²) in [7, 11) is 0. The van der Waals surface area contributed by atoms with E-state index in [0.717, 1.165) is 19.8 Å². The van der Waals surface area contributed by atoms with Gasteiger partial charge in [0.1, 0.15) is 11.9 Å². The summed E-state index contributed by atoms with van der Waals surface area (Å²) in [6, 6.07) is 9.59. The number of carbonyl (C=O) groups excluding carboxylic acids is 1. The van der Waals surface area contributed by atoms with Crippen LogP contribution in [0.5, 0.6) is 0 Å². The van der Waals surface area contributed by atoms with Crippen molar-refractivity contribution < 1.29 is 13.9 Å². The molecule has 1 aliphatic rings. The van der Waals surface area contributed by atoms with Crippen LogP contribution in [0.25, 0.3) is 10.2 Å². The highest BCUT2D eigenvalue weighted by molar-refractivity contribution is 9.10. The van der Waals surface area contributed by atoms with Crippen LogP contribution in [-0.2, 0) is 4.74 Å². The van der Waals surface area contributed by atoms with Crippen LogP contribution in [0, 0.1) is 5.82 Å². The van der Waals surface area contributed by atoms with Crippen molar-refractivity contribution in [2.45, 2.75) is 6.10 Å². The molecule has 8 heteroatoms. The van der Waals surface area contributed by atoms with Gasteiger partial charge in [0.2, 0.25) is 0 Å². The molecule has 0 radical (unpaired) electrons. The van der Waals surface area contributed by atoms with Gasteiger partial charge in [-0.2, -0.15) is 0 Å². The molecule has 4 nitrogen and oxygen atoms in total. The van der Waals surface area contributed by atoms with Crippen LogP contribution in [0.3, 0.4) is 0 Å². The molecule has 0 amide bonds. The molecule has 1 aliphatic heterocycles. The van der Waals surface area contributed by atoms with E-state index in [2.05, 4.69) is 20.9 Å². The maximum absolute atomic E-state index is 13.3. The SMILES string of the molecule is O=C(OC1CN(c2nc3ccc(F)cc3s2)C1)c1cc(Br)ccc1Cl. The van der Waals surface area contributed by atoms with Crippen molar-refractivity contribution in [1.82, 2.24) is 4.98 Å². The first kappa shape index (κ1) is 16.8. The third kappa shape index (κ3) is 3.36. The van der Waals surface area contributed by atoms with Gasteiger partial charge < -0.3 is 9.64 Å². The van der Waals surface area contributed by atoms with E-state index in [0.29, 0.717) is 23.7 Å². The Bertz CT molecular complexity index is 974. The van der Waals surface area contributed by atoms with Crippen LogP contribution in [0.2, 0.25) is 5.02 Å². The van der Waals surface area contributed by atoms with Gasteiger partial charge in [0.25, 0.3) is 0 Å². The number of benzene rings is 2. The summed E-state index contributed by atoms with van der Waals surface area (Å²) < 4.78 is 20.3. The first-order valence-corrected chi connectivity index (χ1v) is 9.45. The minimum Gasteiger partial charge on any atom is -0.455 e. The maximum atomic E-state index is 13.3. The van der Waals surface area contributed by atoms with Crippen molar-refractivity contribution in [2.24, 2.45) is 0 Å². The molecule has 0 unspecified atom stereocenters. The molecule has 0 spiro atoms. The van der Waals surface area contributed by atoms with Gasteiger partial charge >= 0.3 is 5.97 Å². The Kier molecular flexibility index (Phi) is 4.39. The lowest BCUT2D eigenvalue weighted by Gasteiger charge is -2.38. The van der Waals surface area contributed by atoms with Gasteiger partial charge in [-0.15, -0.1) is 0 Å². The summed E-state index contributed by atoms with van der Waals surface area (Å²) in [6.07, 6.45) is -0.216. The Hall–Kier alpha value is -1.70. The van der Waals surface area contributed by atoms with E-state index in [4.69, 9.17) is 16.3 Å². The number of rotatable bonds is 3. The summed E-state index contributed by atoms with van der Waals surface area (Å²) in [5, 5.41) is 1.16. The number of halogens is 3. The average molecular weight is 442 g/mol. The number of hydrogen-bond donors (Lipinski definition) is 0. The van der Waals surface area contributed by atoms with E-state index in [1.54, 1.807) is 24.3 Å². The fourth-order valence-electron chi connectivity index (χ4n) is 2.56. The lowest BCUT2D eigenvalue weighted by molar-refractivity contribution is 0.0234. The van der Waals surface area contributed by atoms with E-state index in [1.165, 1.54) is 23.5 Å². The van der Waals surface area contributed by atoms with Crippen molar-refractivity contribution in [1.29, 1.82) is 0 Å². The van der Waals surface area contributed by atoms with E-state index < -0.39 is 5.97 Å². The molecule has 0 N–H and O–H groups in total. The first-order chi connectivity index (χ1) is 12.0. The number of hydrogen-bond acceptors (Lipinski definition) is 5. The minimum absolute atomic E-state index is 0.216. The summed E-state index contributed by atoms with van der Waals surface area (Å²) in [5.41, 5.74) is 1.10.